The zero-order valence-electron chi connectivity index (χ0n) is 12.2. The van der Waals surface area contributed by atoms with Crippen LogP contribution in [-0.4, -0.2) is 11.2 Å². The first-order chi connectivity index (χ1) is 10.2. The van der Waals surface area contributed by atoms with Gasteiger partial charge in [0.15, 0.2) is 0 Å². The molecular weight excluding hydrogens is 258 g/mol. The first-order valence-electron chi connectivity index (χ1n) is 6.93. The number of hydrogen-bond acceptors (Lipinski definition) is 3. The van der Waals surface area contributed by atoms with Gasteiger partial charge in [0, 0.05) is 11.6 Å². The highest BCUT2D eigenvalue weighted by Gasteiger charge is 1.97. The van der Waals surface area contributed by atoms with E-state index in [1.165, 1.54) is 11.1 Å². The van der Waals surface area contributed by atoms with E-state index in [4.69, 9.17) is 0 Å². The van der Waals surface area contributed by atoms with Gasteiger partial charge in [-0.1, -0.05) is 29.8 Å². The Morgan fingerprint density at radius 1 is 1.05 bits per heavy atom. The van der Waals surface area contributed by atoms with E-state index in [1.807, 2.05) is 30.5 Å². The molecule has 0 aliphatic carbocycles. The van der Waals surface area contributed by atoms with Crippen molar-refractivity contribution in [3.8, 4) is 0 Å². The van der Waals surface area contributed by atoms with Crippen molar-refractivity contribution in [2.24, 2.45) is 5.10 Å². The maximum atomic E-state index is 4.31. The third kappa shape index (κ3) is 3.08. The van der Waals surface area contributed by atoms with Gasteiger partial charge in [0.1, 0.15) is 0 Å². The van der Waals surface area contributed by atoms with Crippen molar-refractivity contribution in [3.63, 3.8) is 0 Å². The lowest BCUT2D eigenvalue weighted by molar-refractivity contribution is 1.29. The number of nitrogens with zero attached hydrogens (tertiary/aromatic N) is 2. The summed E-state index contributed by atoms with van der Waals surface area (Å²) in [6.45, 7) is 4.16. The van der Waals surface area contributed by atoms with E-state index in [0.717, 1.165) is 22.2 Å². The Bertz CT molecular complexity index is 806. The van der Waals surface area contributed by atoms with Crippen LogP contribution in [0.4, 0.5) is 5.69 Å². The minimum absolute atomic E-state index is 0.997. The van der Waals surface area contributed by atoms with E-state index in [9.17, 15) is 0 Å². The number of nitrogens with one attached hydrogen (secondary N) is 1. The molecule has 0 saturated carbocycles. The summed E-state index contributed by atoms with van der Waals surface area (Å²) in [5.74, 6) is 0. The number of aryl methyl sites for hydroxylation is 2. The molecule has 0 aliphatic rings. The van der Waals surface area contributed by atoms with E-state index in [1.54, 1.807) is 6.20 Å². The van der Waals surface area contributed by atoms with Gasteiger partial charge in [-0.05, 0) is 49.2 Å². The van der Waals surface area contributed by atoms with Gasteiger partial charge in [-0.3, -0.25) is 10.4 Å². The zero-order chi connectivity index (χ0) is 14.7. The Balaban J connectivity index is 1.78. The highest BCUT2D eigenvalue weighted by molar-refractivity contribution is 5.88. The summed E-state index contributed by atoms with van der Waals surface area (Å²) in [5.41, 5.74) is 8.61. The van der Waals surface area contributed by atoms with Crippen LogP contribution in [0.2, 0.25) is 0 Å². The highest BCUT2D eigenvalue weighted by atomic mass is 15.3. The Hall–Kier alpha value is -2.68. The van der Waals surface area contributed by atoms with Crippen molar-refractivity contribution in [1.29, 1.82) is 0 Å². The van der Waals surface area contributed by atoms with Crippen LogP contribution in [0.1, 0.15) is 16.7 Å². The van der Waals surface area contributed by atoms with Crippen LogP contribution >= 0.6 is 0 Å². The summed E-state index contributed by atoms with van der Waals surface area (Å²) in [7, 11) is 0. The molecule has 3 rings (SSSR count). The molecule has 21 heavy (non-hydrogen) atoms. The quantitative estimate of drug-likeness (QED) is 0.571. The fourth-order valence-electron chi connectivity index (χ4n) is 2.29. The molecule has 3 heteroatoms. The molecule has 0 radical (unpaired) electrons. The third-order valence-corrected chi connectivity index (χ3v) is 3.41. The topological polar surface area (TPSA) is 37.3 Å². The molecule has 1 aromatic heterocycles. The molecule has 0 saturated heterocycles. The van der Waals surface area contributed by atoms with Gasteiger partial charge in [-0.15, -0.1) is 0 Å². The van der Waals surface area contributed by atoms with Gasteiger partial charge in [0.25, 0.3) is 0 Å². The van der Waals surface area contributed by atoms with Crippen LogP contribution in [0, 0.1) is 13.8 Å². The molecule has 3 aromatic rings. The first kappa shape index (κ1) is 13.3. The molecule has 0 spiro atoms. The smallest absolute Gasteiger partial charge is 0.0702 e. The summed E-state index contributed by atoms with van der Waals surface area (Å²) in [5, 5.41) is 5.43. The Kier molecular flexibility index (Phi) is 3.65. The van der Waals surface area contributed by atoms with Gasteiger partial charge in [0.2, 0.25) is 0 Å². The SMILES string of the molecule is Cc1ccc(N/N=C/c2ccc3ncccc3c2)c(C)c1. The molecule has 2 aromatic carbocycles. The average molecular weight is 275 g/mol. The Morgan fingerprint density at radius 3 is 2.81 bits per heavy atom. The van der Waals surface area contributed by atoms with E-state index in [-0.39, 0.29) is 0 Å². The second-order valence-corrected chi connectivity index (χ2v) is 5.14. The summed E-state index contributed by atoms with van der Waals surface area (Å²) in [6.07, 6.45) is 3.63. The fraction of sp³-hybridized carbons (Fsp3) is 0.111. The normalized spacial score (nSPS) is 11.1. The summed E-state index contributed by atoms with van der Waals surface area (Å²) in [4.78, 5) is 4.31. The lowest BCUT2D eigenvalue weighted by atomic mass is 10.1. The first-order valence-corrected chi connectivity index (χ1v) is 6.93. The van der Waals surface area contributed by atoms with Gasteiger partial charge >= 0.3 is 0 Å². The molecular formula is C18H17N3. The fourth-order valence-corrected chi connectivity index (χ4v) is 2.29. The van der Waals surface area contributed by atoms with Gasteiger partial charge in [0.05, 0.1) is 17.4 Å². The van der Waals surface area contributed by atoms with Gasteiger partial charge in [-0.2, -0.15) is 5.10 Å². The number of hydrazone groups is 1. The molecule has 1 heterocycles. The molecule has 0 bridgehead atoms. The minimum atomic E-state index is 0.997. The summed E-state index contributed by atoms with van der Waals surface area (Å²) >= 11 is 0. The van der Waals surface area contributed by atoms with E-state index in [2.05, 4.69) is 53.6 Å². The van der Waals surface area contributed by atoms with Crippen molar-refractivity contribution in [1.82, 2.24) is 4.98 Å². The maximum absolute atomic E-state index is 4.31. The molecule has 104 valence electrons. The molecule has 0 amide bonds. The second kappa shape index (κ2) is 5.75. The zero-order valence-corrected chi connectivity index (χ0v) is 12.2. The number of pyridine rings is 1. The van der Waals surface area contributed by atoms with Gasteiger partial charge < -0.3 is 0 Å². The third-order valence-electron chi connectivity index (χ3n) is 3.41. The lowest BCUT2D eigenvalue weighted by Crippen LogP contribution is -1.93. The molecule has 0 unspecified atom stereocenters. The van der Waals surface area contributed by atoms with Crippen LogP contribution < -0.4 is 5.43 Å². The molecule has 0 aliphatic heterocycles. The van der Waals surface area contributed by atoms with Crippen molar-refractivity contribution in [3.05, 3.63) is 71.4 Å². The number of anilines is 1. The van der Waals surface area contributed by atoms with Crippen LogP contribution in [0.5, 0.6) is 0 Å². The average Bonchev–Trinajstić information content (AvgIpc) is 2.49. The van der Waals surface area contributed by atoms with Crippen LogP contribution in [-0.2, 0) is 0 Å². The van der Waals surface area contributed by atoms with Crippen LogP contribution in [0.3, 0.4) is 0 Å². The van der Waals surface area contributed by atoms with Gasteiger partial charge in [-0.25, -0.2) is 0 Å². The molecule has 0 fully saturated rings. The number of rotatable bonds is 3. The minimum Gasteiger partial charge on any atom is -0.278 e. The molecule has 3 nitrogen and oxygen atoms in total. The van der Waals surface area contributed by atoms with Crippen molar-refractivity contribution in [2.75, 3.05) is 5.43 Å². The molecule has 1 N–H and O–H groups in total. The number of fused-ring (bicyclic) bond motifs is 1. The molecule has 0 atom stereocenters. The largest absolute Gasteiger partial charge is 0.278 e. The Morgan fingerprint density at radius 2 is 1.95 bits per heavy atom. The number of hydrogen-bond donors (Lipinski definition) is 1. The highest BCUT2D eigenvalue weighted by Crippen LogP contribution is 2.16. The standard InChI is InChI=1S/C18H17N3/c1-13-5-7-17(14(2)10-13)21-20-12-15-6-8-18-16(11-15)4-3-9-19-18/h3-12,21H,1-2H3/b20-12+. The van der Waals surface area contributed by atoms with E-state index in [0.29, 0.717) is 0 Å². The summed E-state index contributed by atoms with van der Waals surface area (Å²) in [6, 6.07) is 16.4. The summed E-state index contributed by atoms with van der Waals surface area (Å²) < 4.78 is 0. The predicted octanol–water partition coefficient (Wildman–Crippen LogP) is 4.30. The number of benzene rings is 2. The monoisotopic (exact) mass is 275 g/mol. The number of aromatic nitrogens is 1. The van der Waals surface area contributed by atoms with E-state index < -0.39 is 0 Å². The second-order valence-electron chi connectivity index (χ2n) is 5.14. The maximum Gasteiger partial charge on any atom is 0.0702 e. The van der Waals surface area contributed by atoms with Crippen LogP contribution in [0.25, 0.3) is 10.9 Å². The van der Waals surface area contributed by atoms with Crippen molar-refractivity contribution in [2.45, 2.75) is 13.8 Å². The van der Waals surface area contributed by atoms with Crippen molar-refractivity contribution >= 4 is 22.8 Å². The van der Waals surface area contributed by atoms with Crippen molar-refractivity contribution < 1.29 is 0 Å². The Labute approximate surface area is 124 Å². The predicted molar refractivity (Wildman–Crippen MR) is 88.9 cm³/mol. The van der Waals surface area contributed by atoms with Crippen LogP contribution in [0.15, 0.2) is 59.8 Å². The van der Waals surface area contributed by atoms with E-state index >= 15 is 0 Å². The lowest BCUT2D eigenvalue weighted by Gasteiger charge is -2.05.